The van der Waals surface area contributed by atoms with Crippen molar-refractivity contribution in [3.05, 3.63) is 59.1 Å². The largest absolute Gasteiger partial charge is 0.350 e. The van der Waals surface area contributed by atoms with E-state index in [0.29, 0.717) is 6.42 Å². The van der Waals surface area contributed by atoms with Crippen molar-refractivity contribution in [2.75, 3.05) is 18.4 Å². The van der Waals surface area contributed by atoms with Gasteiger partial charge in [-0.05, 0) is 62.4 Å². The monoisotopic (exact) mass is 502 g/mol. The minimum absolute atomic E-state index is 0.0132. The Bertz CT molecular complexity index is 1090. The highest BCUT2D eigenvalue weighted by atomic mass is 35.5. The summed E-state index contributed by atoms with van der Waals surface area (Å²) in [5, 5.41) is 5.64. The van der Waals surface area contributed by atoms with Gasteiger partial charge in [-0.3, -0.25) is 14.5 Å². The Kier molecular flexibility index (Phi) is 7.82. The van der Waals surface area contributed by atoms with Crippen molar-refractivity contribution in [1.82, 2.24) is 20.1 Å². The average Bonchev–Trinajstić information content (AvgIpc) is 2.85. The second-order valence-electron chi connectivity index (χ2n) is 8.82. The molecule has 0 spiro atoms. The third kappa shape index (κ3) is 5.88. The second kappa shape index (κ2) is 11.0. The lowest BCUT2D eigenvalue weighted by Gasteiger charge is -2.43. The number of rotatable bonds is 4. The molecule has 9 nitrogen and oxygen atoms in total. The Hall–Kier alpha value is -3.24. The van der Waals surface area contributed by atoms with Crippen LogP contribution in [0.4, 0.5) is 14.9 Å². The Labute approximate surface area is 207 Å². The number of benzene rings is 1. The molecule has 1 aromatic heterocycles. The van der Waals surface area contributed by atoms with Crippen LogP contribution in [-0.4, -0.2) is 64.0 Å². The van der Waals surface area contributed by atoms with Crippen LogP contribution in [-0.2, 0) is 4.79 Å². The number of halogens is 2. The number of aromatic nitrogens is 1. The maximum absolute atomic E-state index is 13.6. The van der Waals surface area contributed by atoms with Crippen molar-refractivity contribution in [2.24, 2.45) is 5.73 Å². The summed E-state index contributed by atoms with van der Waals surface area (Å²) in [7, 11) is 0. The van der Waals surface area contributed by atoms with Crippen LogP contribution in [0.2, 0.25) is 5.15 Å². The summed E-state index contributed by atoms with van der Waals surface area (Å²) in [6, 6.07) is 7.97. The quantitative estimate of drug-likeness (QED) is 0.555. The molecule has 4 N–H and O–H groups in total. The van der Waals surface area contributed by atoms with Crippen LogP contribution >= 0.6 is 11.6 Å². The van der Waals surface area contributed by atoms with E-state index in [2.05, 4.69) is 15.6 Å². The molecule has 2 aliphatic rings. The zero-order chi connectivity index (χ0) is 24.9. The molecule has 1 saturated carbocycles. The molecule has 1 aliphatic carbocycles. The van der Waals surface area contributed by atoms with Gasteiger partial charge in [0, 0.05) is 37.1 Å². The van der Waals surface area contributed by atoms with E-state index >= 15 is 0 Å². The zero-order valence-corrected chi connectivity index (χ0v) is 19.9. The molecule has 1 aromatic carbocycles. The normalized spacial score (nSPS) is 22.4. The van der Waals surface area contributed by atoms with Gasteiger partial charge < -0.3 is 21.3 Å². The van der Waals surface area contributed by atoms with Crippen molar-refractivity contribution in [1.29, 1.82) is 0 Å². The van der Waals surface area contributed by atoms with Crippen LogP contribution in [0.25, 0.3) is 0 Å². The highest BCUT2D eigenvalue weighted by Crippen LogP contribution is 2.24. The molecule has 1 unspecified atom stereocenters. The van der Waals surface area contributed by atoms with E-state index in [4.69, 9.17) is 17.3 Å². The lowest BCUT2D eigenvalue weighted by atomic mass is 9.91. The van der Waals surface area contributed by atoms with E-state index in [-0.39, 0.29) is 41.6 Å². The summed E-state index contributed by atoms with van der Waals surface area (Å²) in [6.07, 6.45) is 3.71. The van der Waals surface area contributed by atoms with E-state index in [1.807, 2.05) is 0 Å². The number of amides is 4. The van der Waals surface area contributed by atoms with Crippen LogP contribution in [0, 0.1) is 5.82 Å². The molecule has 1 saturated heterocycles. The molecule has 1 atom stereocenters. The lowest BCUT2D eigenvalue weighted by molar-refractivity contribution is -0.133. The number of carbonyl (C=O) groups is 3. The first-order chi connectivity index (χ1) is 16.8. The van der Waals surface area contributed by atoms with Crippen molar-refractivity contribution in [3.8, 4) is 0 Å². The maximum Gasteiger partial charge on any atom is 0.323 e. The summed E-state index contributed by atoms with van der Waals surface area (Å²) in [4.78, 5) is 46.8. The summed E-state index contributed by atoms with van der Waals surface area (Å²) >= 11 is 6.16. The first-order valence-corrected chi connectivity index (χ1v) is 12.0. The molecule has 4 amide bonds. The number of carbonyl (C=O) groups excluding carboxylic acids is 3. The first kappa shape index (κ1) is 24.9. The van der Waals surface area contributed by atoms with Crippen LogP contribution in [0.1, 0.15) is 42.5 Å². The molecule has 11 heteroatoms. The van der Waals surface area contributed by atoms with Crippen LogP contribution in [0.5, 0.6) is 0 Å². The number of hydrogen-bond donors (Lipinski definition) is 3. The van der Waals surface area contributed by atoms with Crippen LogP contribution < -0.4 is 16.4 Å². The third-order valence-electron chi connectivity index (χ3n) is 6.33. The molecule has 0 radical (unpaired) electrons. The van der Waals surface area contributed by atoms with Gasteiger partial charge in [-0.15, -0.1) is 0 Å². The van der Waals surface area contributed by atoms with Gasteiger partial charge in [0.1, 0.15) is 11.0 Å². The van der Waals surface area contributed by atoms with Gasteiger partial charge in [0.15, 0.2) is 6.17 Å². The number of anilines is 1. The summed E-state index contributed by atoms with van der Waals surface area (Å²) in [5.41, 5.74) is 6.37. The van der Waals surface area contributed by atoms with Gasteiger partial charge in [-0.2, -0.15) is 0 Å². The van der Waals surface area contributed by atoms with Crippen molar-refractivity contribution in [3.63, 3.8) is 0 Å². The van der Waals surface area contributed by atoms with Gasteiger partial charge in [0.2, 0.25) is 0 Å². The highest BCUT2D eigenvalue weighted by molar-refractivity contribution is 6.32. The van der Waals surface area contributed by atoms with E-state index in [0.717, 1.165) is 25.7 Å². The molecular weight excluding hydrogens is 475 g/mol. The molecule has 4 rings (SSSR count). The van der Waals surface area contributed by atoms with E-state index in [1.54, 1.807) is 12.1 Å². The number of nitrogens with zero attached hydrogens (tertiary/aromatic N) is 3. The number of urea groups is 1. The molecule has 1 aliphatic heterocycles. The fourth-order valence-electron chi connectivity index (χ4n) is 4.53. The van der Waals surface area contributed by atoms with Gasteiger partial charge in [0.05, 0.1) is 5.56 Å². The Balaban J connectivity index is 1.60. The van der Waals surface area contributed by atoms with E-state index in [1.165, 1.54) is 40.3 Å². The third-order valence-corrected chi connectivity index (χ3v) is 6.63. The number of nitrogens with two attached hydrogens (primary N) is 1. The minimum Gasteiger partial charge on any atom is -0.350 e. The van der Waals surface area contributed by atoms with E-state index < -0.39 is 29.8 Å². The number of pyridine rings is 1. The van der Waals surface area contributed by atoms with Gasteiger partial charge in [-0.25, -0.2) is 14.2 Å². The van der Waals surface area contributed by atoms with Crippen molar-refractivity contribution >= 4 is 35.1 Å². The second-order valence-corrected chi connectivity index (χ2v) is 9.18. The van der Waals surface area contributed by atoms with Crippen LogP contribution in [0.3, 0.4) is 0 Å². The molecule has 186 valence electrons. The van der Waals surface area contributed by atoms with Crippen molar-refractivity contribution < 1.29 is 18.8 Å². The number of nitrogens with one attached hydrogen (secondary N) is 2. The maximum atomic E-state index is 13.6. The Morgan fingerprint density at radius 2 is 1.80 bits per heavy atom. The number of hydrogen-bond acceptors (Lipinski definition) is 5. The predicted molar refractivity (Wildman–Crippen MR) is 129 cm³/mol. The molecule has 35 heavy (non-hydrogen) atoms. The fourth-order valence-corrected chi connectivity index (χ4v) is 4.73. The first-order valence-electron chi connectivity index (χ1n) is 11.6. The Morgan fingerprint density at radius 3 is 2.51 bits per heavy atom. The molecule has 2 aromatic rings. The van der Waals surface area contributed by atoms with E-state index in [9.17, 15) is 18.8 Å². The molecule has 2 heterocycles. The SMILES string of the molecule is NC1CCC(NC(=O)C2N(C(=O)Nc3cccc(F)c3)CCCN2C(=O)c2cccnc2Cl)CC1. The summed E-state index contributed by atoms with van der Waals surface area (Å²) < 4.78 is 13.6. The zero-order valence-electron chi connectivity index (χ0n) is 19.1. The van der Waals surface area contributed by atoms with Crippen LogP contribution in [0.15, 0.2) is 42.6 Å². The summed E-state index contributed by atoms with van der Waals surface area (Å²) in [5.74, 6) is -1.47. The lowest BCUT2D eigenvalue weighted by Crippen LogP contribution is -2.65. The predicted octanol–water partition coefficient (Wildman–Crippen LogP) is 2.97. The average molecular weight is 503 g/mol. The highest BCUT2D eigenvalue weighted by Gasteiger charge is 2.42. The topological polar surface area (TPSA) is 121 Å². The standard InChI is InChI=1S/C24H28ClFN6O3/c25-20-19(6-2-11-28-20)23(34)31-12-3-13-32(24(35)30-18-5-1-4-15(26)14-18)22(31)21(33)29-17-9-7-16(27)8-10-17/h1-2,4-6,11,14,16-17,22H,3,7-10,12-13,27H2,(H,29,33)(H,30,35). The smallest absolute Gasteiger partial charge is 0.323 e. The molecular formula is C24H28ClFN6O3. The summed E-state index contributed by atoms with van der Waals surface area (Å²) in [6.45, 7) is 0.487. The van der Waals surface area contributed by atoms with Gasteiger partial charge in [0.25, 0.3) is 11.8 Å². The Morgan fingerprint density at radius 1 is 1.06 bits per heavy atom. The molecule has 0 bridgehead atoms. The fraction of sp³-hybridized carbons (Fsp3) is 0.417. The minimum atomic E-state index is -1.21. The van der Waals surface area contributed by atoms with Crippen molar-refractivity contribution in [2.45, 2.75) is 50.4 Å². The molecule has 2 fully saturated rings. The van der Waals surface area contributed by atoms with Gasteiger partial charge >= 0.3 is 6.03 Å². The van der Waals surface area contributed by atoms with Gasteiger partial charge in [-0.1, -0.05) is 17.7 Å².